The Morgan fingerprint density at radius 3 is 1.47 bits per heavy atom. The summed E-state index contributed by atoms with van der Waals surface area (Å²) >= 11 is 0. The van der Waals surface area contributed by atoms with E-state index in [1.165, 1.54) is 70.6 Å². The molecule has 0 radical (unpaired) electrons. The van der Waals surface area contributed by atoms with Crippen LogP contribution >= 0.6 is 0 Å². The number of hydrogen-bond acceptors (Lipinski definition) is 3. The second kappa shape index (κ2) is 36.3. The van der Waals surface area contributed by atoms with Crippen molar-refractivity contribution < 1.29 is 15.0 Å². The lowest BCUT2D eigenvalue weighted by Gasteiger charge is -2.22. The molecule has 0 heterocycles. The molecule has 2 unspecified atom stereocenters. The van der Waals surface area contributed by atoms with Crippen LogP contribution in [-0.4, -0.2) is 34.9 Å². The fourth-order valence-electron chi connectivity index (χ4n) is 5.13. The van der Waals surface area contributed by atoms with Crippen LogP contribution in [0.5, 0.6) is 0 Å². The van der Waals surface area contributed by atoms with Crippen LogP contribution in [0.25, 0.3) is 0 Å². The molecule has 0 fully saturated rings. The first-order chi connectivity index (χ1) is 22.2. The molecule has 0 aliphatic rings. The number of aliphatic hydroxyl groups excluding tert-OH is 2. The minimum Gasteiger partial charge on any atom is -0.394 e. The summed E-state index contributed by atoms with van der Waals surface area (Å²) in [5.74, 6) is -0.0505. The fraction of sp³-hybridized carbons (Fsp3) is 0.683. The average molecular weight is 626 g/mol. The van der Waals surface area contributed by atoms with Crippen molar-refractivity contribution in [3.63, 3.8) is 0 Å². The molecule has 0 aromatic carbocycles. The van der Waals surface area contributed by atoms with Gasteiger partial charge in [-0.05, 0) is 64.2 Å². The van der Waals surface area contributed by atoms with Crippen molar-refractivity contribution in [3.05, 3.63) is 72.9 Å². The summed E-state index contributed by atoms with van der Waals surface area (Å²) in [6, 6.07) is -0.541. The third-order valence-electron chi connectivity index (χ3n) is 7.98. The third kappa shape index (κ3) is 33.0. The van der Waals surface area contributed by atoms with Gasteiger partial charge in [-0.3, -0.25) is 4.79 Å². The van der Waals surface area contributed by atoms with Gasteiger partial charge in [0.25, 0.3) is 0 Å². The van der Waals surface area contributed by atoms with Gasteiger partial charge in [0.2, 0.25) is 5.91 Å². The van der Waals surface area contributed by atoms with E-state index in [9.17, 15) is 15.0 Å². The average Bonchev–Trinajstić information content (AvgIpc) is 3.04. The van der Waals surface area contributed by atoms with E-state index in [0.717, 1.165) is 64.2 Å². The molecule has 258 valence electrons. The number of aliphatic hydroxyl groups is 2. The number of rotatable bonds is 32. The maximum atomic E-state index is 12.3. The summed E-state index contributed by atoms with van der Waals surface area (Å²) in [5.41, 5.74) is 0. The van der Waals surface area contributed by atoms with E-state index in [1.54, 1.807) is 0 Å². The second-order valence-corrected chi connectivity index (χ2v) is 12.3. The molecule has 0 aliphatic heterocycles. The van der Waals surface area contributed by atoms with E-state index in [2.05, 4.69) is 92.1 Å². The number of carbonyl (C=O) groups excluding carboxylic acids is 1. The van der Waals surface area contributed by atoms with E-state index in [4.69, 9.17) is 0 Å². The van der Waals surface area contributed by atoms with Crippen LogP contribution in [0.1, 0.15) is 162 Å². The van der Waals surface area contributed by atoms with Crippen LogP contribution < -0.4 is 5.32 Å². The normalized spacial score (nSPS) is 14.0. The van der Waals surface area contributed by atoms with E-state index in [0.29, 0.717) is 12.8 Å². The number of amides is 1. The molecule has 0 spiro atoms. The lowest BCUT2D eigenvalue weighted by atomic mass is 10.0. The zero-order valence-corrected chi connectivity index (χ0v) is 29.4. The predicted octanol–water partition coefficient (Wildman–Crippen LogP) is 11.2. The van der Waals surface area contributed by atoms with Gasteiger partial charge in [-0.2, -0.15) is 0 Å². The Bertz CT molecular complexity index is 808. The lowest BCUT2D eigenvalue weighted by molar-refractivity contribution is -0.123. The molecule has 0 rings (SSSR count). The van der Waals surface area contributed by atoms with Gasteiger partial charge in [-0.25, -0.2) is 0 Å². The van der Waals surface area contributed by atoms with Gasteiger partial charge >= 0.3 is 0 Å². The second-order valence-electron chi connectivity index (χ2n) is 12.3. The topological polar surface area (TPSA) is 69.6 Å². The summed E-state index contributed by atoms with van der Waals surface area (Å²) in [6.07, 6.45) is 51.2. The molecule has 45 heavy (non-hydrogen) atoms. The van der Waals surface area contributed by atoms with Crippen LogP contribution in [-0.2, 0) is 4.79 Å². The van der Waals surface area contributed by atoms with E-state index in [1.807, 2.05) is 0 Å². The SMILES string of the molecule is CC/C=C\C/C=C\C/C=C\C/C=C\C/C=C\C/C=C\CCCCCCCCCCC(=O)NC(CO)C(O)CCCCCCCC. The summed E-state index contributed by atoms with van der Waals surface area (Å²) < 4.78 is 0. The first kappa shape index (κ1) is 42.8. The van der Waals surface area contributed by atoms with E-state index in [-0.39, 0.29) is 12.5 Å². The molecule has 4 heteroatoms. The highest BCUT2D eigenvalue weighted by Crippen LogP contribution is 2.13. The molecule has 2 atom stereocenters. The molecule has 0 aromatic rings. The van der Waals surface area contributed by atoms with Crippen LogP contribution in [0.4, 0.5) is 0 Å². The smallest absolute Gasteiger partial charge is 0.220 e. The van der Waals surface area contributed by atoms with Crippen molar-refractivity contribution >= 4 is 5.91 Å². The number of nitrogens with one attached hydrogen (secondary N) is 1. The zero-order valence-electron chi connectivity index (χ0n) is 29.4. The summed E-state index contributed by atoms with van der Waals surface area (Å²) in [4.78, 5) is 12.3. The highest BCUT2D eigenvalue weighted by Gasteiger charge is 2.19. The monoisotopic (exact) mass is 626 g/mol. The molecule has 1 amide bonds. The van der Waals surface area contributed by atoms with Crippen molar-refractivity contribution in [2.75, 3.05) is 6.61 Å². The quantitative estimate of drug-likeness (QED) is 0.0514. The van der Waals surface area contributed by atoms with E-state index >= 15 is 0 Å². The van der Waals surface area contributed by atoms with Gasteiger partial charge in [-0.1, -0.05) is 164 Å². The lowest BCUT2D eigenvalue weighted by Crippen LogP contribution is -2.45. The fourth-order valence-corrected chi connectivity index (χ4v) is 5.13. The number of carbonyl (C=O) groups is 1. The Labute approximate surface area is 278 Å². The van der Waals surface area contributed by atoms with Gasteiger partial charge in [0.15, 0.2) is 0 Å². The Morgan fingerprint density at radius 1 is 0.556 bits per heavy atom. The summed E-state index contributed by atoms with van der Waals surface area (Å²) in [6.45, 7) is 4.16. The standard InChI is InChI=1S/C41H71NO3/c1-3-5-7-9-11-12-13-14-15-16-17-18-19-20-21-22-23-24-25-26-27-28-29-30-31-33-35-37-41(45)42-39(38-43)40(44)36-34-32-10-8-6-4-2/h5,7,11-12,14-15,17-18,20-21,23-24,39-40,43-44H,3-4,6,8-10,13,16,19,22,25-38H2,1-2H3,(H,42,45)/b7-5-,12-11-,15-14-,18-17-,21-20-,24-23-. The van der Waals surface area contributed by atoms with Crippen molar-refractivity contribution in [2.45, 2.75) is 174 Å². The molecular weight excluding hydrogens is 554 g/mol. The number of unbranched alkanes of at least 4 members (excludes halogenated alkanes) is 13. The van der Waals surface area contributed by atoms with Gasteiger partial charge < -0.3 is 15.5 Å². The van der Waals surface area contributed by atoms with Crippen molar-refractivity contribution in [3.8, 4) is 0 Å². The van der Waals surface area contributed by atoms with Gasteiger partial charge in [0, 0.05) is 6.42 Å². The van der Waals surface area contributed by atoms with Crippen LogP contribution in [0.15, 0.2) is 72.9 Å². The maximum Gasteiger partial charge on any atom is 0.220 e. The van der Waals surface area contributed by atoms with Crippen molar-refractivity contribution in [2.24, 2.45) is 0 Å². The Morgan fingerprint density at radius 2 is 0.978 bits per heavy atom. The molecule has 0 aromatic heterocycles. The molecule has 0 saturated carbocycles. The van der Waals surface area contributed by atoms with Crippen molar-refractivity contribution in [1.82, 2.24) is 5.32 Å². The third-order valence-corrected chi connectivity index (χ3v) is 7.98. The molecule has 3 N–H and O–H groups in total. The minimum atomic E-state index is -0.662. The first-order valence-electron chi connectivity index (χ1n) is 18.6. The molecule has 0 bridgehead atoms. The largest absolute Gasteiger partial charge is 0.394 e. The Kier molecular flexibility index (Phi) is 34.5. The summed E-state index contributed by atoms with van der Waals surface area (Å²) in [7, 11) is 0. The van der Waals surface area contributed by atoms with Crippen LogP contribution in [0.3, 0.4) is 0 Å². The maximum absolute atomic E-state index is 12.3. The molecule has 0 saturated heterocycles. The van der Waals surface area contributed by atoms with Crippen LogP contribution in [0, 0.1) is 0 Å². The zero-order chi connectivity index (χ0) is 32.9. The summed E-state index contributed by atoms with van der Waals surface area (Å²) in [5, 5.41) is 22.8. The molecule has 4 nitrogen and oxygen atoms in total. The number of hydrogen-bond donors (Lipinski definition) is 3. The van der Waals surface area contributed by atoms with Crippen LogP contribution in [0.2, 0.25) is 0 Å². The highest BCUT2D eigenvalue weighted by molar-refractivity contribution is 5.76. The number of allylic oxidation sites excluding steroid dienone is 12. The minimum absolute atomic E-state index is 0.0505. The molecule has 0 aliphatic carbocycles. The van der Waals surface area contributed by atoms with E-state index < -0.39 is 12.1 Å². The Hall–Kier alpha value is -2.17. The highest BCUT2D eigenvalue weighted by atomic mass is 16.3. The van der Waals surface area contributed by atoms with Crippen molar-refractivity contribution in [1.29, 1.82) is 0 Å². The van der Waals surface area contributed by atoms with Gasteiger partial charge in [0.05, 0.1) is 18.8 Å². The van der Waals surface area contributed by atoms with Gasteiger partial charge in [-0.15, -0.1) is 0 Å². The van der Waals surface area contributed by atoms with Gasteiger partial charge in [0.1, 0.15) is 0 Å². The first-order valence-corrected chi connectivity index (χ1v) is 18.6. The molecular formula is C41H71NO3. The predicted molar refractivity (Wildman–Crippen MR) is 197 cm³/mol. The Balaban J connectivity index is 3.58.